The molecule has 0 aliphatic heterocycles. The molecule has 0 spiro atoms. The van der Waals surface area contributed by atoms with Crippen LogP contribution in [0.25, 0.3) is 0 Å². The van der Waals surface area contributed by atoms with Crippen LogP contribution in [0.5, 0.6) is 0 Å². The fourth-order valence-corrected chi connectivity index (χ4v) is 1.43. The van der Waals surface area contributed by atoms with Crippen molar-refractivity contribution in [1.29, 1.82) is 0 Å². The van der Waals surface area contributed by atoms with Gasteiger partial charge in [-0.2, -0.15) is 0 Å². The van der Waals surface area contributed by atoms with Crippen LogP contribution in [0.15, 0.2) is 0 Å². The molecule has 0 rings (SSSR count). The maximum Gasteiger partial charge on any atom is 0.120 e. The second-order valence-electron chi connectivity index (χ2n) is 4.33. The molecule has 0 aromatic carbocycles. The molecular formula is C11H22O. The van der Waals surface area contributed by atoms with E-state index in [0.717, 1.165) is 19.1 Å². The Labute approximate surface area is 76.6 Å². The van der Waals surface area contributed by atoms with Crippen LogP contribution in [-0.2, 0) is 4.79 Å². The van der Waals surface area contributed by atoms with Gasteiger partial charge in [0, 0.05) is 6.42 Å². The third-order valence-corrected chi connectivity index (χ3v) is 2.40. The fourth-order valence-electron chi connectivity index (χ4n) is 1.43. The van der Waals surface area contributed by atoms with E-state index in [2.05, 4.69) is 20.8 Å². The van der Waals surface area contributed by atoms with Gasteiger partial charge in [0.1, 0.15) is 6.29 Å². The van der Waals surface area contributed by atoms with Crippen LogP contribution >= 0.6 is 0 Å². The number of hydrogen-bond acceptors (Lipinski definition) is 1. The summed E-state index contributed by atoms with van der Waals surface area (Å²) >= 11 is 0. The van der Waals surface area contributed by atoms with E-state index in [9.17, 15) is 4.79 Å². The molecule has 0 bridgehead atoms. The Hall–Kier alpha value is -0.330. The van der Waals surface area contributed by atoms with Crippen molar-refractivity contribution in [3.63, 3.8) is 0 Å². The van der Waals surface area contributed by atoms with E-state index >= 15 is 0 Å². The van der Waals surface area contributed by atoms with Crippen molar-refractivity contribution in [3.05, 3.63) is 0 Å². The lowest BCUT2D eigenvalue weighted by molar-refractivity contribution is -0.108. The van der Waals surface area contributed by atoms with E-state index in [0.29, 0.717) is 5.41 Å². The highest BCUT2D eigenvalue weighted by molar-refractivity contribution is 5.49. The second kappa shape index (κ2) is 6.22. The van der Waals surface area contributed by atoms with E-state index in [4.69, 9.17) is 0 Å². The molecule has 0 radical (unpaired) electrons. The summed E-state index contributed by atoms with van der Waals surface area (Å²) in [5, 5.41) is 0. The highest BCUT2D eigenvalue weighted by Gasteiger charge is 2.15. The Bertz CT molecular complexity index is 116. The van der Waals surface area contributed by atoms with Crippen LogP contribution < -0.4 is 0 Å². The molecule has 72 valence electrons. The van der Waals surface area contributed by atoms with Gasteiger partial charge in [-0.1, -0.05) is 40.0 Å². The van der Waals surface area contributed by atoms with E-state index < -0.39 is 0 Å². The molecule has 0 amide bonds. The van der Waals surface area contributed by atoms with E-state index in [1.54, 1.807) is 0 Å². The van der Waals surface area contributed by atoms with Crippen LogP contribution in [-0.4, -0.2) is 6.29 Å². The van der Waals surface area contributed by atoms with Crippen LogP contribution in [0.2, 0.25) is 0 Å². The van der Waals surface area contributed by atoms with Crippen LogP contribution in [0.1, 0.15) is 59.3 Å². The van der Waals surface area contributed by atoms with E-state index in [1.807, 2.05) is 0 Å². The molecule has 12 heavy (non-hydrogen) atoms. The summed E-state index contributed by atoms with van der Waals surface area (Å²) < 4.78 is 0. The molecule has 1 nitrogen and oxygen atoms in total. The minimum atomic E-state index is 0.371. The Balaban J connectivity index is 3.48. The molecule has 0 aromatic heterocycles. The average Bonchev–Trinajstić information content (AvgIpc) is 2.01. The van der Waals surface area contributed by atoms with Gasteiger partial charge in [0.15, 0.2) is 0 Å². The Morgan fingerprint density at radius 2 is 1.83 bits per heavy atom. The molecule has 0 aliphatic rings. The lowest BCUT2D eigenvalue weighted by atomic mass is 9.83. The monoisotopic (exact) mass is 170 g/mol. The van der Waals surface area contributed by atoms with Gasteiger partial charge in [-0.25, -0.2) is 0 Å². The minimum absolute atomic E-state index is 0.371. The van der Waals surface area contributed by atoms with E-state index in [1.165, 1.54) is 25.7 Å². The van der Waals surface area contributed by atoms with Crippen molar-refractivity contribution in [3.8, 4) is 0 Å². The van der Waals surface area contributed by atoms with Gasteiger partial charge in [-0.15, -0.1) is 0 Å². The molecule has 0 aliphatic carbocycles. The molecule has 0 unspecified atom stereocenters. The van der Waals surface area contributed by atoms with Gasteiger partial charge in [0.05, 0.1) is 0 Å². The first-order chi connectivity index (χ1) is 5.62. The summed E-state index contributed by atoms with van der Waals surface area (Å²) in [7, 11) is 0. The lowest BCUT2D eigenvalue weighted by Crippen LogP contribution is -2.11. The third kappa shape index (κ3) is 6.38. The van der Waals surface area contributed by atoms with Crippen molar-refractivity contribution < 1.29 is 4.79 Å². The number of rotatable bonds is 7. The molecular weight excluding hydrogens is 148 g/mol. The van der Waals surface area contributed by atoms with Gasteiger partial charge >= 0.3 is 0 Å². The quantitative estimate of drug-likeness (QED) is 0.421. The maximum atomic E-state index is 10.2. The van der Waals surface area contributed by atoms with Crippen molar-refractivity contribution in [1.82, 2.24) is 0 Å². The molecule has 0 atom stereocenters. The summed E-state index contributed by atoms with van der Waals surface area (Å²) in [6.45, 7) is 6.73. The third-order valence-electron chi connectivity index (χ3n) is 2.40. The topological polar surface area (TPSA) is 17.1 Å². The van der Waals surface area contributed by atoms with Gasteiger partial charge in [-0.05, 0) is 18.3 Å². The maximum absolute atomic E-state index is 10.2. The molecule has 0 heterocycles. The summed E-state index contributed by atoms with van der Waals surface area (Å²) in [6, 6.07) is 0. The zero-order chi connectivity index (χ0) is 9.45. The highest BCUT2D eigenvalue weighted by atomic mass is 16.1. The summed E-state index contributed by atoms with van der Waals surface area (Å²) in [5.41, 5.74) is 0.371. The largest absolute Gasteiger partial charge is 0.303 e. The Kier molecular flexibility index (Phi) is 6.04. The predicted molar refractivity (Wildman–Crippen MR) is 53.2 cm³/mol. The second-order valence-corrected chi connectivity index (χ2v) is 4.33. The van der Waals surface area contributed by atoms with Crippen molar-refractivity contribution in [2.75, 3.05) is 0 Å². The number of carbonyl (C=O) groups is 1. The molecule has 0 saturated heterocycles. The van der Waals surface area contributed by atoms with Crippen LogP contribution in [0.4, 0.5) is 0 Å². The minimum Gasteiger partial charge on any atom is -0.303 e. The average molecular weight is 170 g/mol. The normalized spacial score (nSPS) is 11.6. The van der Waals surface area contributed by atoms with Crippen molar-refractivity contribution >= 4 is 6.29 Å². The van der Waals surface area contributed by atoms with Crippen LogP contribution in [0, 0.1) is 5.41 Å². The molecule has 0 N–H and O–H groups in total. The zero-order valence-electron chi connectivity index (χ0n) is 8.73. The summed E-state index contributed by atoms with van der Waals surface area (Å²) in [4.78, 5) is 10.2. The molecule has 0 fully saturated rings. The van der Waals surface area contributed by atoms with Gasteiger partial charge in [0.2, 0.25) is 0 Å². The predicted octanol–water partition coefficient (Wildman–Crippen LogP) is 3.57. The SMILES string of the molecule is CCCCCC(C)(C)CCC=O. The first-order valence-electron chi connectivity index (χ1n) is 5.06. The number of unbranched alkanes of at least 4 members (excludes halogenated alkanes) is 2. The molecule has 0 saturated carbocycles. The first kappa shape index (κ1) is 11.7. The highest BCUT2D eigenvalue weighted by Crippen LogP contribution is 2.28. The Morgan fingerprint density at radius 3 is 2.33 bits per heavy atom. The van der Waals surface area contributed by atoms with Gasteiger partial charge < -0.3 is 4.79 Å². The summed E-state index contributed by atoms with van der Waals surface area (Å²) in [5.74, 6) is 0. The van der Waals surface area contributed by atoms with Gasteiger partial charge in [0.25, 0.3) is 0 Å². The number of aldehydes is 1. The zero-order valence-corrected chi connectivity index (χ0v) is 8.73. The lowest BCUT2D eigenvalue weighted by Gasteiger charge is -2.23. The standard InChI is InChI=1S/C11H22O/c1-4-5-6-8-11(2,3)9-7-10-12/h10H,4-9H2,1-3H3. The van der Waals surface area contributed by atoms with Crippen LogP contribution in [0.3, 0.4) is 0 Å². The smallest absolute Gasteiger partial charge is 0.120 e. The van der Waals surface area contributed by atoms with E-state index in [-0.39, 0.29) is 0 Å². The van der Waals surface area contributed by atoms with Crippen molar-refractivity contribution in [2.24, 2.45) is 5.41 Å². The first-order valence-corrected chi connectivity index (χ1v) is 5.06. The molecule has 0 aromatic rings. The fraction of sp³-hybridized carbons (Fsp3) is 0.909. The number of carbonyl (C=O) groups excluding carboxylic acids is 1. The Morgan fingerprint density at radius 1 is 1.17 bits per heavy atom. The molecule has 1 heteroatoms. The van der Waals surface area contributed by atoms with Gasteiger partial charge in [-0.3, -0.25) is 0 Å². The summed E-state index contributed by atoms with van der Waals surface area (Å²) in [6.07, 6.45) is 7.96. The van der Waals surface area contributed by atoms with Crippen molar-refractivity contribution in [2.45, 2.75) is 59.3 Å². The number of hydrogen-bond donors (Lipinski definition) is 0.